The van der Waals surface area contributed by atoms with Crippen LogP contribution in [-0.2, 0) is 10.2 Å². The molecule has 4 nitrogen and oxygen atoms in total. The normalized spacial score (nSPS) is 11.0. The fourth-order valence-electron chi connectivity index (χ4n) is 2.58. The smallest absolute Gasteiger partial charge is 0.251 e. The Kier molecular flexibility index (Phi) is 5.97. The Morgan fingerprint density at radius 3 is 2.08 bits per heavy atom. The average molecular weight is 338 g/mol. The van der Waals surface area contributed by atoms with Gasteiger partial charge in [0.05, 0.1) is 0 Å². The number of hydrogen-bond donors (Lipinski definition) is 1. The molecule has 2 aromatic rings. The van der Waals surface area contributed by atoms with Crippen molar-refractivity contribution in [3.05, 3.63) is 65.7 Å². The van der Waals surface area contributed by atoms with E-state index in [0.717, 1.165) is 5.69 Å². The van der Waals surface area contributed by atoms with Crippen LogP contribution in [0.4, 0.5) is 5.69 Å². The van der Waals surface area contributed by atoms with Crippen molar-refractivity contribution in [2.24, 2.45) is 0 Å². The van der Waals surface area contributed by atoms with E-state index in [1.807, 2.05) is 42.5 Å². The third-order valence-corrected chi connectivity index (χ3v) is 4.08. The molecule has 0 atom stereocenters. The summed E-state index contributed by atoms with van der Waals surface area (Å²) in [6, 6.07) is 17.1. The SMILES string of the molecule is CC(=O)N(CCNC(=O)c1ccccc1)c1ccc(C(C)(C)C)cc1. The van der Waals surface area contributed by atoms with Crippen LogP contribution >= 0.6 is 0 Å². The molecule has 0 aliphatic rings. The lowest BCUT2D eigenvalue weighted by atomic mass is 9.87. The highest BCUT2D eigenvalue weighted by Gasteiger charge is 2.16. The molecule has 0 saturated heterocycles. The van der Waals surface area contributed by atoms with Crippen molar-refractivity contribution in [3.8, 4) is 0 Å². The van der Waals surface area contributed by atoms with E-state index in [0.29, 0.717) is 18.7 Å². The number of carbonyl (C=O) groups is 2. The minimum absolute atomic E-state index is 0.0440. The lowest BCUT2D eigenvalue weighted by molar-refractivity contribution is -0.116. The first-order valence-corrected chi connectivity index (χ1v) is 8.51. The summed E-state index contributed by atoms with van der Waals surface area (Å²) >= 11 is 0. The number of nitrogens with one attached hydrogen (secondary N) is 1. The Labute approximate surface area is 149 Å². The molecule has 0 aromatic heterocycles. The molecule has 0 aliphatic carbocycles. The fraction of sp³-hybridized carbons (Fsp3) is 0.333. The third kappa shape index (κ3) is 5.18. The zero-order valence-corrected chi connectivity index (χ0v) is 15.4. The Morgan fingerprint density at radius 2 is 1.56 bits per heavy atom. The molecule has 4 heteroatoms. The van der Waals surface area contributed by atoms with Crippen molar-refractivity contribution < 1.29 is 9.59 Å². The summed E-state index contributed by atoms with van der Waals surface area (Å²) in [5, 5.41) is 2.86. The molecule has 2 amide bonds. The molecule has 0 heterocycles. The molecule has 0 radical (unpaired) electrons. The summed E-state index contributed by atoms with van der Waals surface area (Å²) in [5.41, 5.74) is 2.75. The van der Waals surface area contributed by atoms with Gasteiger partial charge in [0.1, 0.15) is 0 Å². The monoisotopic (exact) mass is 338 g/mol. The summed E-state index contributed by atoms with van der Waals surface area (Å²) in [4.78, 5) is 25.7. The van der Waals surface area contributed by atoms with E-state index in [2.05, 4.69) is 26.1 Å². The molecule has 0 spiro atoms. The summed E-state index contributed by atoms with van der Waals surface area (Å²) in [6.45, 7) is 8.84. The summed E-state index contributed by atoms with van der Waals surface area (Å²) in [6.07, 6.45) is 0. The topological polar surface area (TPSA) is 49.4 Å². The second kappa shape index (κ2) is 7.97. The van der Waals surface area contributed by atoms with Gasteiger partial charge < -0.3 is 10.2 Å². The number of nitrogens with zero attached hydrogens (tertiary/aromatic N) is 1. The van der Waals surface area contributed by atoms with Crippen LogP contribution in [0.25, 0.3) is 0 Å². The largest absolute Gasteiger partial charge is 0.350 e. The quantitative estimate of drug-likeness (QED) is 0.902. The van der Waals surface area contributed by atoms with Crippen LogP contribution in [0.5, 0.6) is 0 Å². The van der Waals surface area contributed by atoms with E-state index in [4.69, 9.17) is 0 Å². The maximum absolute atomic E-state index is 12.1. The first-order valence-electron chi connectivity index (χ1n) is 8.51. The zero-order valence-electron chi connectivity index (χ0n) is 15.4. The van der Waals surface area contributed by atoms with Gasteiger partial charge >= 0.3 is 0 Å². The standard InChI is InChI=1S/C21H26N2O2/c1-16(24)23(19-12-10-18(11-13-19)21(2,3)4)15-14-22-20(25)17-8-6-5-7-9-17/h5-13H,14-15H2,1-4H3,(H,22,25). The van der Waals surface area contributed by atoms with E-state index in [-0.39, 0.29) is 17.2 Å². The first-order chi connectivity index (χ1) is 11.8. The van der Waals surface area contributed by atoms with Gasteiger partial charge in [0, 0.05) is 31.3 Å². The maximum atomic E-state index is 12.1. The zero-order chi connectivity index (χ0) is 18.4. The minimum atomic E-state index is -0.132. The summed E-state index contributed by atoms with van der Waals surface area (Å²) in [7, 11) is 0. The molecule has 2 rings (SSSR count). The van der Waals surface area contributed by atoms with Gasteiger partial charge in [-0.3, -0.25) is 9.59 Å². The Balaban J connectivity index is 1.99. The van der Waals surface area contributed by atoms with Gasteiger partial charge in [0.15, 0.2) is 0 Å². The van der Waals surface area contributed by atoms with Crippen molar-refractivity contribution in [2.75, 3.05) is 18.0 Å². The highest BCUT2D eigenvalue weighted by Crippen LogP contribution is 2.24. The van der Waals surface area contributed by atoms with Crippen LogP contribution < -0.4 is 10.2 Å². The number of rotatable bonds is 5. The summed E-state index contributed by atoms with van der Waals surface area (Å²) < 4.78 is 0. The van der Waals surface area contributed by atoms with Gasteiger partial charge in [0.2, 0.25) is 5.91 Å². The molecule has 1 N–H and O–H groups in total. The number of amides is 2. The van der Waals surface area contributed by atoms with Crippen LogP contribution in [0.15, 0.2) is 54.6 Å². The lowest BCUT2D eigenvalue weighted by Crippen LogP contribution is -2.37. The molecule has 2 aromatic carbocycles. The van der Waals surface area contributed by atoms with Crippen LogP contribution in [0.3, 0.4) is 0 Å². The Hall–Kier alpha value is -2.62. The van der Waals surface area contributed by atoms with E-state index in [1.54, 1.807) is 17.0 Å². The lowest BCUT2D eigenvalue weighted by Gasteiger charge is -2.24. The molecule has 0 fully saturated rings. The maximum Gasteiger partial charge on any atom is 0.251 e. The van der Waals surface area contributed by atoms with Gasteiger partial charge in [-0.1, -0.05) is 51.1 Å². The van der Waals surface area contributed by atoms with Crippen molar-refractivity contribution in [3.63, 3.8) is 0 Å². The number of hydrogen-bond acceptors (Lipinski definition) is 2. The molecule has 0 aliphatic heterocycles. The predicted molar refractivity (Wildman–Crippen MR) is 102 cm³/mol. The first kappa shape index (κ1) is 18.7. The van der Waals surface area contributed by atoms with Crippen LogP contribution in [0.1, 0.15) is 43.6 Å². The summed E-state index contributed by atoms with van der Waals surface area (Å²) in [5.74, 6) is -0.176. The number of carbonyl (C=O) groups excluding carboxylic acids is 2. The molecular weight excluding hydrogens is 312 g/mol. The van der Waals surface area contributed by atoms with E-state index < -0.39 is 0 Å². The highest BCUT2D eigenvalue weighted by molar-refractivity contribution is 5.94. The Morgan fingerprint density at radius 1 is 0.960 bits per heavy atom. The second-order valence-corrected chi connectivity index (χ2v) is 7.09. The van der Waals surface area contributed by atoms with Crippen LogP contribution in [-0.4, -0.2) is 24.9 Å². The number of benzene rings is 2. The van der Waals surface area contributed by atoms with Crippen molar-refractivity contribution >= 4 is 17.5 Å². The Bertz CT molecular complexity index is 716. The van der Waals surface area contributed by atoms with Crippen LogP contribution in [0, 0.1) is 0 Å². The van der Waals surface area contributed by atoms with Crippen molar-refractivity contribution in [1.29, 1.82) is 0 Å². The highest BCUT2D eigenvalue weighted by atomic mass is 16.2. The van der Waals surface area contributed by atoms with Crippen molar-refractivity contribution in [1.82, 2.24) is 5.32 Å². The molecule has 132 valence electrons. The fourth-order valence-corrected chi connectivity index (χ4v) is 2.58. The van der Waals surface area contributed by atoms with Crippen LogP contribution in [0.2, 0.25) is 0 Å². The van der Waals surface area contributed by atoms with E-state index >= 15 is 0 Å². The third-order valence-electron chi connectivity index (χ3n) is 4.08. The molecule has 0 bridgehead atoms. The second-order valence-electron chi connectivity index (χ2n) is 7.09. The minimum Gasteiger partial charge on any atom is -0.350 e. The van der Waals surface area contributed by atoms with E-state index in [9.17, 15) is 9.59 Å². The van der Waals surface area contributed by atoms with Gasteiger partial charge in [-0.2, -0.15) is 0 Å². The van der Waals surface area contributed by atoms with Gasteiger partial charge in [0.25, 0.3) is 5.91 Å². The molecular formula is C21H26N2O2. The average Bonchev–Trinajstić information content (AvgIpc) is 2.58. The number of anilines is 1. The molecule has 0 saturated carbocycles. The van der Waals surface area contributed by atoms with Gasteiger partial charge in [-0.25, -0.2) is 0 Å². The van der Waals surface area contributed by atoms with E-state index in [1.165, 1.54) is 12.5 Å². The predicted octanol–water partition coefficient (Wildman–Crippen LogP) is 3.77. The molecule has 0 unspecified atom stereocenters. The van der Waals surface area contributed by atoms with Gasteiger partial charge in [-0.15, -0.1) is 0 Å². The van der Waals surface area contributed by atoms with Crippen molar-refractivity contribution in [2.45, 2.75) is 33.1 Å². The molecule has 25 heavy (non-hydrogen) atoms. The van der Waals surface area contributed by atoms with Gasteiger partial charge in [-0.05, 0) is 35.2 Å².